The van der Waals surface area contributed by atoms with E-state index in [4.69, 9.17) is 0 Å². The number of thiol groups is 1. The smallest absolute Gasteiger partial charge is 0.0576 e. The van der Waals surface area contributed by atoms with Crippen LogP contribution < -0.4 is 5.32 Å². The standard InChI is InChI=1S/C6H11NS/c1-2-3-4-7-5-6-8/h7-8H,4-6H2,1H3. The lowest BCUT2D eigenvalue weighted by Gasteiger charge is -1.91. The highest BCUT2D eigenvalue weighted by molar-refractivity contribution is 7.80. The predicted molar refractivity (Wildman–Crippen MR) is 40.2 cm³/mol. The topological polar surface area (TPSA) is 12.0 Å². The van der Waals surface area contributed by atoms with E-state index >= 15 is 0 Å². The number of nitrogens with one attached hydrogen (secondary N) is 1. The molecule has 0 aliphatic heterocycles. The molecule has 2 heteroatoms. The number of rotatable bonds is 3. The van der Waals surface area contributed by atoms with Gasteiger partial charge in [0.25, 0.3) is 0 Å². The maximum absolute atomic E-state index is 4.01. The molecule has 0 aromatic rings. The van der Waals surface area contributed by atoms with Gasteiger partial charge in [-0.3, -0.25) is 0 Å². The Hall–Kier alpha value is -0.130. The molecule has 0 aliphatic rings. The molecule has 0 atom stereocenters. The Morgan fingerprint density at radius 3 is 2.88 bits per heavy atom. The summed E-state index contributed by atoms with van der Waals surface area (Å²) in [7, 11) is 0. The van der Waals surface area contributed by atoms with Gasteiger partial charge >= 0.3 is 0 Å². The van der Waals surface area contributed by atoms with Gasteiger partial charge in [0.15, 0.2) is 0 Å². The van der Waals surface area contributed by atoms with Crippen LogP contribution in [-0.2, 0) is 0 Å². The zero-order valence-corrected chi connectivity index (χ0v) is 5.96. The maximum atomic E-state index is 4.01. The summed E-state index contributed by atoms with van der Waals surface area (Å²) in [6, 6.07) is 0. The second-order valence-corrected chi connectivity index (χ2v) is 1.77. The summed E-state index contributed by atoms with van der Waals surface area (Å²) in [5, 5.41) is 3.09. The Balaban J connectivity index is 2.79. The fourth-order valence-electron chi connectivity index (χ4n) is 0.318. The molecule has 8 heavy (non-hydrogen) atoms. The summed E-state index contributed by atoms with van der Waals surface area (Å²) in [6.07, 6.45) is 0. The van der Waals surface area contributed by atoms with E-state index in [1.165, 1.54) is 0 Å². The SMILES string of the molecule is CC#CCNCCS. The minimum absolute atomic E-state index is 0.789. The molecule has 0 unspecified atom stereocenters. The fourth-order valence-corrected chi connectivity index (χ4v) is 0.476. The monoisotopic (exact) mass is 129 g/mol. The van der Waals surface area contributed by atoms with E-state index in [1.807, 2.05) is 6.92 Å². The molecule has 0 bridgehead atoms. The first-order valence-electron chi connectivity index (χ1n) is 2.63. The Morgan fingerprint density at radius 2 is 2.38 bits per heavy atom. The van der Waals surface area contributed by atoms with E-state index < -0.39 is 0 Å². The first kappa shape index (κ1) is 7.87. The lowest BCUT2D eigenvalue weighted by Crippen LogP contribution is -2.16. The van der Waals surface area contributed by atoms with Crippen molar-refractivity contribution in [1.82, 2.24) is 5.32 Å². The van der Waals surface area contributed by atoms with Gasteiger partial charge in [-0.15, -0.1) is 5.92 Å². The highest BCUT2D eigenvalue weighted by atomic mass is 32.1. The van der Waals surface area contributed by atoms with Gasteiger partial charge in [-0.2, -0.15) is 12.6 Å². The molecular weight excluding hydrogens is 118 g/mol. The predicted octanol–water partition coefficient (Wildman–Crippen LogP) is 0.529. The molecule has 0 spiro atoms. The molecule has 0 amide bonds. The molecule has 0 saturated carbocycles. The molecule has 0 radical (unpaired) electrons. The lowest BCUT2D eigenvalue weighted by molar-refractivity contribution is 0.819. The highest BCUT2D eigenvalue weighted by Crippen LogP contribution is 1.66. The van der Waals surface area contributed by atoms with Crippen molar-refractivity contribution < 1.29 is 0 Å². The third-order valence-electron chi connectivity index (χ3n) is 0.679. The summed E-state index contributed by atoms with van der Waals surface area (Å²) >= 11 is 4.01. The van der Waals surface area contributed by atoms with Crippen molar-refractivity contribution in [3.63, 3.8) is 0 Å². The van der Waals surface area contributed by atoms with Gasteiger partial charge in [-0.1, -0.05) is 5.92 Å². The highest BCUT2D eigenvalue weighted by Gasteiger charge is 1.75. The van der Waals surface area contributed by atoms with Crippen molar-refractivity contribution in [3.8, 4) is 11.8 Å². The molecule has 0 aliphatic carbocycles. The van der Waals surface area contributed by atoms with Crippen LogP contribution in [0.15, 0.2) is 0 Å². The second-order valence-electron chi connectivity index (χ2n) is 1.33. The summed E-state index contributed by atoms with van der Waals surface area (Å²) in [6.45, 7) is 3.57. The van der Waals surface area contributed by atoms with Crippen LogP contribution in [0.25, 0.3) is 0 Å². The molecule has 0 aromatic carbocycles. The van der Waals surface area contributed by atoms with Gasteiger partial charge < -0.3 is 5.32 Å². The normalized spacial score (nSPS) is 7.75. The van der Waals surface area contributed by atoms with Crippen molar-refractivity contribution in [2.45, 2.75) is 6.92 Å². The van der Waals surface area contributed by atoms with Gasteiger partial charge in [-0.05, 0) is 6.92 Å². The van der Waals surface area contributed by atoms with Crippen LogP contribution in [0.1, 0.15) is 6.92 Å². The number of hydrogen-bond donors (Lipinski definition) is 2. The average molecular weight is 129 g/mol. The van der Waals surface area contributed by atoms with Gasteiger partial charge in [-0.25, -0.2) is 0 Å². The lowest BCUT2D eigenvalue weighted by atomic mass is 10.6. The van der Waals surface area contributed by atoms with Crippen molar-refractivity contribution in [2.24, 2.45) is 0 Å². The first-order chi connectivity index (χ1) is 3.91. The van der Waals surface area contributed by atoms with E-state index in [-0.39, 0.29) is 0 Å². The Morgan fingerprint density at radius 1 is 1.62 bits per heavy atom. The van der Waals surface area contributed by atoms with Crippen molar-refractivity contribution in [1.29, 1.82) is 0 Å². The number of hydrogen-bond acceptors (Lipinski definition) is 2. The molecule has 0 rings (SSSR count). The molecular formula is C6H11NS. The first-order valence-corrected chi connectivity index (χ1v) is 3.26. The molecule has 0 fully saturated rings. The Bertz CT molecular complexity index is 90.4. The van der Waals surface area contributed by atoms with E-state index in [2.05, 4.69) is 29.8 Å². The summed E-state index contributed by atoms with van der Waals surface area (Å²) in [5.74, 6) is 6.56. The quantitative estimate of drug-likeness (QED) is 0.322. The van der Waals surface area contributed by atoms with Crippen molar-refractivity contribution in [3.05, 3.63) is 0 Å². The van der Waals surface area contributed by atoms with Crippen LogP contribution >= 0.6 is 12.6 Å². The average Bonchev–Trinajstić information content (AvgIpc) is 1.81. The maximum Gasteiger partial charge on any atom is 0.0576 e. The van der Waals surface area contributed by atoms with Crippen LogP contribution in [0.2, 0.25) is 0 Å². The zero-order chi connectivity index (χ0) is 6.24. The molecule has 1 nitrogen and oxygen atoms in total. The molecule has 1 N–H and O–H groups in total. The fraction of sp³-hybridized carbons (Fsp3) is 0.667. The van der Waals surface area contributed by atoms with Crippen LogP contribution in [0.5, 0.6) is 0 Å². The molecule has 0 aromatic heterocycles. The Labute approximate surface area is 56.3 Å². The van der Waals surface area contributed by atoms with Gasteiger partial charge in [0.2, 0.25) is 0 Å². The second kappa shape index (κ2) is 6.87. The van der Waals surface area contributed by atoms with Crippen molar-refractivity contribution in [2.75, 3.05) is 18.8 Å². The van der Waals surface area contributed by atoms with E-state index in [0.29, 0.717) is 0 Å². The summed E-state index contributed by atoms with van der Waals surface area (Å²) in [5.41, 5.74) is 0. The third-order valence-corrected chi connectivity index (χ3v) is 0.902. The van der Waals surface area contributed by atoms with Crippen LogP contribution in [0.4, 0.5) is 0 Å². The van der Waals surface area contributed by atoms with Gasteiger partial charge in [0, 0.05) is 12.3 Å². The minimum Gasteiger partial charge on any atom is -0.305 e. The third kappa shape index (κ3) is 5.87. The minimum atomic E-state index is 0.789. The van der Waals surface area contributed by atoms with Gasteiger partial charge in [0.05, 0.1) is 6.54 Å². The van der Waals surface area contributed by atoms with E-state index in [1.54, 1.807) is 0 Å². The summed E-state index contributed by atoms with van der Waals surface area (Å²) in [4.78, 5) is 0. The Kier molecular flexibility index (Phi) is 6.76. The van der Waals surface area contributed by atoms with Crippen LogP contribution in [0, 0.1) is 11.8 Å². The van der Waals surface area contributed by atoms with Crippen LogP contribution in [-0.4, -0.2) is 18.8 Å². The van der Waals surface area contributed by atoms with Crippen molar-refractivity contribution >= 4 is 12.6 Å². The largest absolute Gasteiger partial charge is 0.305 e. The molecule has 0 heterocycles. The zero-order valence-electron chi connectivity index (χ0n) is 5.07. The van der Waals surface area contributed by atoms with Crippen LogP contribution in [0.3, 0.4) is 0 Å². The van der Waals surface area contributed by atoms with Gasteiger partial charge in [0.1, 0.15) is 0 Å². The molecule has 0 saturated heterocycles. The molecule has 46 valence electrons. The van der Waals surface area contributed by atoms with E-state index in [9.17, 15) is 0 Å². The van der Waals surface area contributed by atoms with E-state index in [0.717, 1.165) is 18.8 Å². The summed E-state index contributed by atoms with van der Waals surface area (Å²) < 4.78 is 0.